The summed E-state index contributed by atoms with van der Waals surface area (Å²) in [6, 6.07) is 0. The molecule has 0 saturated carbocycles. The summed E-state index contributed by atoms with van der Waals surface area (Å²) >= 11 is 1.24. The van der Waals surface area contributed by atoms with Crippen molar-refractivity contribution in [2.24, 2.45) is 0 Å². The molecule has 0 unspecified atom stereocenters. The van der Waals surface area contributed by atoms with E-state index in [1.54, 1.807) is 0 Å². The molecule has 3 nitrogen and oxygen atoms in total. The summed E-state index contributed by atoms with van der Waals surface area (Å²) < 4.78 is 5.28. The topological polar surface area (TPSA) is 38.9 Å². The molecule has 1 aromatic rings. The van der Waals surface area contributed by atoms with Crippen molar-refractivity contribution in [1.29, 1.82) is 0 Å². The Kier molecular flexibility index (Phi) is 1.09. The molecule has 3 radical (unpaired) electrons. The van der Waals surface area contributed by atoms with Crippen molar-refractivity contribution in [2.75, 3.05) is 0 Å². The number of hydrogen-bond donors (Lipinski definition) is 0. The van der Waals surface area contributed by atoms with Gasteiger partial charge >= 0.3 is 47.4 Å². The second-order valence-corrected chi connectivity index (χ2v) is 2.25. The van der Waals surface area contributed by atoms with Crippen molar-refractivity contribution in [3.05, 3.63) is 6.26 Å². The summed E-state index contributed by atoms with van der Waals surface area (Å²) in [5, 5.41) is 6.76. The molecule has 29 valence electrons. The Labute approximate surface area is 47.8 Å². The van der Waals surface area contributed by atoms with Gasteiger partial charge in [-0.3, -0.25) is 0 Å². The molecule has 1 rings (SSSR count). The first-order valence-corrected chi connectivity index (χ1v) is 2.81. The predicted octanol–water partition coefficient (Wildman–Crippen LogP) is -1.14. The molecule has 0 N–H and O–H groups in total. The average molecular weight is 188 g/mol. The maximum atomic E-state index is 4.38. The van der Waals surface area contributed by atoms with E-state index in [0.29, 0.717) is 0 Å². The van der Waals surface area contributed by atoms with Gasteiger partial charge in [-0.1, -0.05) is 0 Å². The second-order valence-electron chi connectivity index (χ2n) is 0.790. The molecule has 0 atom stereocenters. The van der Waals surface area contributed by atoms with Crippen LogP contribution in [0.5, 0.6) is 0 Å². The Morgan fingerprint density at radius 1 is 1.83 bits per heavy atom. The van der Waals surface area contributed by atoms with Crippen molar-refractivity contribution in [3.63, 3.8) is 0 Å². The minimum absolute atomic E-state index is 0.905. The van der Waals surface area contributed by atoms with Gasteiger partial charge < -0.3 is 0 Å². The molecule has 0 aliphatic carbocycles. The molecule has 1 heterocycles. The zero-order valence-electron chi connectivity index (χ0n) is 2.88. The third-order valence-electron chi connectivity index (χ3n) is 0.360. The maximum absolute atomic E-state index is 4.38. The second kappa shape index (κ2) is 1.59. The molecule has 4 heteroatoms. The average Bonchev–Trinajstić information content (AvgIpc) is 1.86. The third kappa shape index (κ3) is 0.706. The van der Waals surface area contributed by atoms with Crippen LogP contribution in [0.1, 0.15) is 0 Å². The first-order chi connectivity index (χ1) is 2.89. The van der Waals surface area contributed by atoms with Gasteiger partial charge in [0.25, 0.3) is 0 Å². The molecule has 0 bridgehead atoms. The van der Waals surface area contributed by atoms with Crippen molar-refractivity contribution in [1.82, 2.24) is 10.4 Å². The van der Waals surface area contributed by atoms with Crippen LogP contribution in [0.4, 0.5) is 0 Å². The van der Waals surface area contributed by atoms with E-state index in [9.17, 15) is 0 Å². The fraction of sp³-hybridized carbons (Fsp3) is 0. The standard InChI is InChI=1S/C2HN2O.Sn/c1-2-5-4-3-1;/h2H;. The van der Waals surface area contributed by atoms with Crippen LogP contribution in [0, 0.1) is 0 Å². The molecule has 0 spiro atoms. The third-order valence-corrected chi connectivity index (χ3v) is 0.982. The van der Waals surface area contributed by atoms with E-state index in [2.05, 4.69) is 14.9 Å². The summed E-state index contributed by atoms with van der Waals surface area (Å²) in [4.78, 5) is 0. The molecule has 0 aromatic carbocycles. The van der Waals surface area contributed by atoms with E-state index in [1.165, 1.54) is 28.8 Å². The van der Waals surface area contributed by atoms with Gasteiger partial charge in [0.05, 0.1) is 0 Å². The molecule has 0 aliphatic rings. The van der Waals surface area contributed by atoms with E-state index in [4.69, 9.17) is 0 Å². The van der Waals surface area contributed by atoms with Gasteiger partial charge in [0.2, 0.25) is 0 Å². The van der Waals surface area contributed by atoms with E-state index in [0.717, 1.165) is 3.71 Å². The van der Waals surface area contributed by atoms with E-state index in [1.807, 2.05) is 0 Å². The van der Waals surface area contributed by atoms with Gasteiger partial charge in [0.15, 0.2) is 0 Å². The summed E-state index contributed by atoms with van der Waals surface area (Å²) in [6.45, 7) is 0. The summed E-state index contributed by atoms with van der Waals surface area (Å²) in [6.07, 6.45) is 1.53. The van der Waals surface area contributed by atoms with Crippen molar-refractivity contribution < 1.29 is 4.52 Å². The Balaban J connectivity index is 3.05. The zero-order valence-corrected chi connectivity index (χ0v) is 5.73. The van der Waals surface area contributed by atoms with Crippen LogP contribution in [0.3, 0.4) is 0 Å². The number of hydrogen-bond acceptors (Lipinski definition) is 3. The first-order valence-electron chi connectivity index (χ1n) is 1.38. The van der Waals surface area contributed by atoms with Gasteiger partial charge in [0.1, 0.15) is 0 Å². The number of rotatable bonds is 0. The Hall–Kier alpha value is -0.0613. The molecule has 0 amide bonds. The Morgan fingerprint density at radius 2 is 2.67 bits per heavy atom. The fourth-order valence-electron chi connectivity index (χ4n) is 0.165. The molecule has 1 aromatic heterocycles. The van der Waals surface area contributed by atoms with Gasteiger partial charge in [-0.2, -0.15) is 0 Å². The van der Waals surface area contributed by atoms with Crippen LogP contribution in [-0.4, -0.2) is 32.9 Å². The van der Waals surface area contributed by atoms with Crippen LogP contribution in [0.25, 0.3) is 0 Å². The van der Waals surface area contributed by atoms with E-state index < -0.39 is 0 Å². The molecule has 6 heavy (non-hydrogen) atoms. The SMILES string of the molecule is [Sn][c]1conn1. The first kappa shape index (κ1) is 4.11. The van der Waals surface area contributed by atoms with Crippen LogP contribution in [0.2, 0.25) is 0 Å². The molecule has 0 fully saturated rings. The normalized spacial score (nSPS) is 8.83. The number of aromatic nitrogens is 2. The van der Waals surface area contributed by atoms with Crippen LogP contribution < -0.4 is 3.71 Å². The van der Waals surface area contributed by atoms with Gasteiger partial charge in [-0.25, -0.2) is 0 Å². The molecular formula is C2HN2OSn. The predicted molar refractivity (Wildman–Crippen MR) is 19.7 cm³/mol. The Bertz CT molecular complexity index is 115. The number of nitrogens with zero attached hydrogens (tertiary/aromatic N) is 2. The Morgan fingerprint density at radius 3 is 2.83 bits per heavy atom. The van der Waals surface area contributed by atoms with Crippen LogP contribution in [-0.2, 0) is 0 Å². The quantitative estimate of drug-likeness (QED) is 0.483. The fourth-order valence-corrected chi connectivity index (χ4v) is 0.432. The van der Waals surface area contributed by atoms with Gasteiger partial charge in [0, 0.05) is 0 Å². The molecular weight excluding hydrogens is 187 g/mol. The summed E-state index contributed by atoms with van der Waals surface area (Å²) in [7, 11) is 0. The monoisotopic (exact) mass is 189 g/mol. The summed E-state index contributed by atoms with van der Waals surface area (Å²) in [5.74, 6) is 0. The van der Waals surface area contributed by atoms with Crippen molar-refractivity contribution in [2.45, 2.75) is 0 Å². The van der Waals surface area contributed by atoms with Crippen LogP contribution >= 0.6 is 0 Å². The van der Waals surface area contributed by atoms with E-state index in [-0.39, 0.29) is 0 Å². The van der Waals surface area contributed by atoms with Crippen molar-refractivity contribution >= 4 is 26.2 Å². The van der Waals surface area contributed by atoms with Gasteiger partial charge in [-0.15, -0.1) is 0 Å². The van der Waals surface area contributed by atoms with Crippen molar-refractivity contribution in [3.8, 4) is 0 Å². The van der Waals surface area contributed by atoms with E-state index >= 15 is 0 Å². The van der Waals surface area contributed by atoms with Gasteiger partial charge in [-0.05, 0) is 0 Å². The summed E-state index contributed by atoms with van der Waals surface area (Å²) in [5.41, 5.74) is 0. The zero-order chi connectivity index (χ0) is 4.41. The molecule has 0 aliphatic heterocycles. The minimum atomic E-state index is 0.905. The molecule has 0 saturated heterocycles. The van der Waals surface area contributed by atoms with Crippen LogP contribution in [0.15, 0.2) is 10.8 Å².